The number of hydrogen-bond acceptors (Lipinski definition) is 3. The summed E-state index contributed by atoms with van der Waals surface area (Å²) >= 11 is 6.21. The molecule has 0 bridgehead atoms. The number of carbonyl (C=O) groups is 1. The summed E-state index contributed by atoms with van der Waals surface area (Å²) < 4.78 is 0. The minimum Gasteiger partial charge on any atom is -0.368 e. The SMILES string of the molecule is C[C@@H](N)C(=O)NC1CCCN(c2ccccc2Cl)C1.Cl.Cl. The normalized spacial score (nSPS) is 19.0. The first kappa shape index (κ1) is 20.3. The number of carbonyl (C=O) groups excluding carboxylic acids is 1. The number of piperidine rings is 1. The van der Waals surface area contributed by atoms with Crippen LogP contribution in [0.3, 0.4) is 0 Å². The van der Waals surface area contributed by atoms with Gasteiger partial charge in [0, 0.05) is 19.1 Å². The summed E-state index contributed by atoms with van der Waals surface area (Å²) in [5, 5.41) is 3.74. The van der Waals surface area contributed by atoms with E-state index in [1.807, 2.05) is 24.3 Å². The van der Waals surface area contributed by atoms with Crippen LogP contribution in [0.4, 0.5) is 5.69 Å². The minimum absolute atomic E-state index is 0. The summed E-state index contributed by atoms with van der Waals surface area (Å²) in [5.74, 6) is -0.0917. The molecule has 0 saturated carbocycles. The maximum atomic E-state index is 11.6. The van der Waals surface area contributed by atoms with Crippen LogP contribution in [0.15, 0.2) is 24.3 Å². The van der Waals surface area contributed by atoms with Crippen LogP contribution in [0.1, 0.15) is 19.8 Å². The summed E-state index contributed by atoms with van der Waals surface area (Å²) in [7, 11) is 0. The highest BCUT2D eigenvalue weighted by atomic mass is 35.5. The molecule has 1 heterocycles. The van der Waals surface area contributed by atoms with Crippen LogP contribution >= 0.6 is 36.4 Å². The van der Waals surface area contributed by atoms with Crippen molar-refractivity contribution in [3.05, 3.63) is 29.3 Å². The fourth-order valence-corrected chi connectivity index (χ4v) is 2.61. The molecule has 7 heteroatoms. The lowest BCUT2D eigenvalue weighted by Crippen LogP contribution is -2.51. The second-order valence-corrected chi connectivity index (χ2v) is 5.44. The Balaban J connectivity index is 0.00000200. The molecule has 1 fully saturated rings. The zero-order chi connectivity index (χ0) is 13.8. The molecule has 1 aromatic rings. The van der Waals surface area contributed by atoms with E-state index in [9.17, 15) is 4.79 Å². The predicted molar refractivity (Wildman–Crippen MR) is 93.0 cm³/mol. The molecule has 120 valence electrons. The average Bonchev–Trinajstić information content (AvgIpc) is 2.39. The third kappa shape index (κ3) is 5.55. The Hall–Kier alpha value is -0.680. The Kier molecular flexibility index (Phi) is 9.06. The van der Waals surface area contributed by atoms with Crippen molar-refractivity contribution < 1.29 is 4.79 Å². The van der Waals surface area contributed by atoms with Crippen molar-refractivity contribution >= 4 is 48.0 Å². The monoisotopic (exact) mass is 353 g/mol. The molecule has 21 heavy (non-hydrogen) atoms. The van der Waals surface area contributed by atoms with E-state index in [1.165, 1.54) is 0 Å². The van der Waals surface area contributed by atoms with Crippen LogP contribution in [0.25, 0.3) is 0 Å². The van der Waals surface area contributed by atoms with Crippen molar-refractivity contribution in [1.82, 2.24) is 5.32 Å². The van der Waals surface area contributed by atoms with Crippen molar-refractivity contribution in [3.63, 3.8) is 0 Å². The highest BCUT2D eigenvalue weighted by molar-refractivity contribution is 6.33. The number of benzene rings is 1. The Labute approximate surface area is 143 Å². The standard InChI is InChI=1S/C14H20ClN3O.2ClH/c1-10(16)14(19)17-11-5-4-8-18(9-11)13-7-3-2-6-12(13)15;;/h2-3,6-7,10-11H,4-5,8-9,16H2,1H3,(H,17,19);2*1H/t10-,11?;;/m1../s1. The number of rotatable bonds is 3. The van der Waals surface area contributed by atoms with Gasteiger partial charge in [0.05, 0.1) is 16.8 Å². The molecule has 0 aromatic heterocycles. The Morgan fingerprint density at radius 1 is 1.43 bits per heavy atom. The largest absolute Gasteiger partial charge is 0.368 e. The van der Waals surface area contributed by atoms with Gasteiger partial charge in [-0.15, -0.1) is 24.8 Å². The van der Waals surface area contributed by atoms with E-state index in [0.717, 1.165) is 36.6 Å². The first-order valence-corrected chi connectivity index (χ1v) is 7.01. The summed E-state index contributed by atoms with van der Waals surface area (Å²) in [4.78, 5) is 13.9. The molecule has 2 atom stereocenters. The van der Waals surface area contributed by atoms with E-state index in [-0.39, 0.29) is 36.8 Å². The molecule has 1 aliphatic rings. The molecular weight excluding hydrogens is 333 g/mol. The van der Waals surface area contributed by atoms with Gasteiger partial charge in [-0.05, 0) is 31.9 Å². The summed E-state index contributed by atoms with van der Waals surface area (Å²) in [6.07, 6.45) is 2.02. The van der Waals surface area contributed by atoms with E-state index in [4.69, 9.17) is 17.3 Å². The number of hydrogen-bond donors (Lipinski definition) is 2. The first-order chi connectivity index (χ1) is 9.08. The lowest BCUT2D eigenvalue weighted by Gasteiger charge is -2.35. The molecule has 1 amide bonds. The molecule has 1 aromatic carbocycles. The van der Waals surface area contributed by atoms with Gasteiger partial charge in [-0.2, -0.15) is 0 Å². The molecule has 4 nitrogen and oxygen atoms in total. The molecule has 2 rings (SSSR count). The number of para-hydroxylation sites is 1. The van der Waals surface area contributed by atoms with Crippen LogP contribution in [0, 0.1) is 0 Å². The van der Waals surface area contributed by atoms with Gasteiger partial charge in [-0.25, -0.2) is 0 Å². The van der Waals surface area contributed by atoms with Gasteiger partial charge in [-0.3, -0.25) is 4.79 Å². The first-order valence-electron chi connectivity index (χ1n) is 6.63. The number of nitrogens with one attached hydrogen (secondary N) is 1. The van der Waals surface area contributed by atoms with Crippen molar-refractivity contribution in [1.29, 1.82) is 0 Å². The number of nitrogens with two attached hydrogens (primary N) is 1. The van der Waals surface area contributed by atoms with Gasteiger partial charge in [0.2, 0.25) is 5.91 Å². The van der Waals surface area contributed by atoms with Gasteiger partial charge in [-0.1, -0.05) is 23.7 Å². The summed E-state index contributed by atoms with van der Waals surface area (Å²) in [5.41, 5.74) is 6.61. The average molecular weight is 355 g/mol. The molecule has 0 spiro atoms. The fourth-order valence-electron chi connectivity index (χ4n) is 2.35. The molecule has 0 radical (unpaired) electrons. The number of halogens is 3. The van der Waals surface area contributed by atoms with E-state index < -0.39 is 6.04 Å². The van der Waals surface area contributed by atoms with Gasteiger partial charge >= 0.3 is 0 Å². The van der Waals surface area contributed by atoms with Crippen LogP contribution in [0.5, 0.6) is 0 Å². The zero-order valence-electron chi connectivity index (χ0n) is 11.9. The minimum atomic E-state index is -0.462. The fraction of sp³-hybridized carbons (Fsp3) is 0.500. The van der Waals surface area contributed by atoms with E-state index >= 15 is 0 Å². The Morgan fingerprint density at radius 3 is 2.71 bits per heavy atom. The summed E-state index contributed by atoms with van der Waals surface area (Å²) in [6, 6.07) is 7.48. The van der Waals surface area contributed by atoms with Crippen LogP contribution < -0.4 is 16.0 Å². The molecule has 1 unspecified atom stereocenters. The quantitative estimate of drug-likeness (QED) is 0.877. The number of anilines is 1. The number of nitrogens with zero attached hydrogens (tertiary/aromatic N) is 1. The van der Waals surface area contributed by atoms with Crippen molar-refractivity contribution in [3.8, 4) is 0 Å². The van der Waals surface area contributed by atoms with Crippen LogP contribution in [-0.4, -0.2) is 31.1 Å². The van der Waals surface area contributed by atoms with E-state index in [1.54, 1.807) is 6.92 Å². The molecule has 1 aliphatic heterocycles. The highest BCUT2D eigenvalue weighted by Gasteiger charge is 2.23. The van der Waals surface area contributed by atoms with E-state index in [0.29, 0.717) is 0 Å². The lowest BCUT2D eigenvalue weighted by atomic mass is 10.0. The smallest absolute Gasteiger partial charge is 0.236 e. The second-order valence-electron chi connectivity index (χ2n) is 5.03. The molecular formula is C14H22Cl3N3O. The molecule has 0 aliphatic carbocycles. The molecule has 3 N–H and O–H groups in total. The maximum Gasteiger partial charge on any atom is 0.236 e. The van der Waals surface area contributed by atoms with Crippen LogP contribution in [0.2, 0.25) is 5.02 Å². The van der Waals surface area contributed by atoms with Gasteiger partial charge < -0.3 is 16.0 Å². The van der Waals surface area contributed by atoms with Gasteiger partial charge in [0.25, 0.3) is 0 Å². The Morgan fingerprint density at radius 2 is 2.10 bits per heavy atom. The van der Waals surface area contributed by atoms with Gasteiger partial charge in [0.15, 0.2) is 0 Å². The third-order valence-electron chi connectivity index (χ3n) is 3.37. The lowest BCUT2D eigenvalue weighted by molar-refractivity contribution is -0.122. The van der Waals surface area contributed by atoms with Gasteiger partial charge in [0.1, 0.15) is 0 Å². The Bertz CT molecular complexity index is 457. The van der Waals surface area contributed by atoms with E-state index in [2.05, 4.69) is 10.2 Å². The predicted octanol–water partition coefficient (Wildman–Crippen LogP) is 2.62. The molecule has 1 saturated heterocycles. The third-order valence-corrected chi connectivity index (χ3v) is 3.69. The van der Waals surface area contributed by atoms with Crippen LogP contribution in [-0.2, 0) is 4.79 Å². The van der Waals surface area contributed by atoms with Crippen molar-refractivity contribution in [2.24, 2.45) is 5.73 Å². The van der Waals surface area contributed by atoms with Crippen molar-refractivity contribution in [2.45, 2.75) is 31.8 Å². The summed E-state index contributed by atoms with van der Waals surface area (Å²) in [6.45, 7) is 3.44. The number of amides is 1. The highest BCUT2D eigenvalue weighted by Crippen LogP contribution is 2.27. The topological polar surface area (TPSA) is 58.4 Å². The van der Waals surface area contributed by atoms with Crippen molar-refractivity contribution in [2.75, 3.05) is 18.0 Å². The maximum absolute atomic E-state index is 11.6. The second kappa shape index (κ2) is 9.36. The zero-order valence-corrected chi connectivity index (χ0v) is 14.3.